The van der Waals surface area contributed by atoms with Crippen molar-refractivity contribution < 1.29 is 14.6 Å². The molecular weight excluding hydrogens is 384 g/mol. The first-order chi connectivity index (χ1) is 12.1. The first-order valence-corrected chi connectivity index (χ1v) is 9.97. The van der Waals surface area contributed by atoms with Crippen LogP contribution < -0.4 is 11.1 Å². The number of aliphatic hydroxyl groups is 1. The van der Waals surface area contributed by atoms with Gasteiger partial charge in [0.1, 0.15) is 0 Å². The molecule has 0 bridgehead atoms. The van der Waals surface area contributed by atoms with Crippen LogP contribution in [0.5, 0.6) is 0 Å². The molecule has 1 fully saturated rings. The molecule has 6 heteroatoms. The molecule has 0 amide bonds. The van der Waals surface area contributed by atoms with E-state index < -0.39 is 0 Å². The van der Waals surface area contributed by atoms with Crippen LogP contribution in [-0.2, 0) is 11.3 Å². The highest BCUT2D eigenvalue weighted by atomic mass is 79.9. The Labute approximate surface area is 158 Å². The van der Waals surface area contributed by atoms with Crippen LogP contribution in [0.1, 0.15) is 60.9 Å². The Balaban J connectivity index is 1.90. The van der Waals surface area contributed by atoms with E-state index in [2.05, 4.69) is 21.2 Å². The zero-order chi connectivity index (χ0) is 18.1. The molecule has 1 saturated carbocycles. The van der Waals surface area contributed by atoms with Crippen molar-refractivity contribution in [2.45, 2.75) is 51.5 Å². The number of aliphatic hydroxyl groups excluding tert-OH is 1. The van der Waals surface area contributed by atoms with Crippen LogP contribution in [0.25, 0.3) is 0 Å². The molecule has 0 spiro atoms. The molecule has 25 heavy (non-hydrogen) atoms. The van der Waals surface area contributed by atoms with Crippen molar-refractivity contribution in [1.82, 2.24) is 5.32 Å². The maximum atomic E-state index is 12.2. The number of hydrogen-bond acceptors (Lipinski definition) is 5. The zero-order valence-electron chi connectivity index (χ0n) is 14.7. The van der Waals surface area contributed by atoms with Crippen molar-refractivity contribution >= 4 is 27.6 Å². The Kier molecular flexibility index (Phi) is 8.72. The van der Waals surface area contributed by atoms with Crippen LogP contribution in [0.4, 0.5) is 5.69 Å². The van der Waals surface area contributed by atoms with Gasteiger partial charge in [-0.15, -0.1) is 0 Å². The summed E-state index contributed by atoms with van der Waals surface area (Å²) in [6, 6.07) is 3.51. The third kappa shape index (κ3) is 6.60. The van der Waals surface area contributed by atoms with Gasteiger partial charge in [-0.05, 0) is 71.8 Å². The lowest BCUT2D eigenvalue weighted by molar-refractivity contribution is 0.0492. The van der Waals surface area contributed by atoms with E-state index in [-0.39, 0.29) is 12.6 Å². The molecule has 4 N–H and O–H groups in total. The summed E-state index contributed by atoms with van der Waals surface area (Å²) >= 11 is 3.43. The van der Waals surface area contributed by atoms with Gasteiger partial charge in [-0.25, -0.2) is 4.79 Å². The average molecular weight is 413 g/mol. The summed E-state index contributed by atoms with van der Waals surface area (Å²) in [5.74, 6) is 0.394. The molecule has 0 saturated heterocycles. The van der Waals surface area contributed by atoms with E-state index in [0.717, 1.165) is 18.0 Å². The molecule has 0 aromatic heterocycles. The SMILES string of the molecule is Nc1c(Br)cc(C(=O)OCCCCO)cc1CNCC1CCCCC1. The van der Waals surface area contributed by atoms with Crippen LogP contribution in [0.15, 0.2) is 16.6 Å². The second kappa shape index (κ2) is 10.8. The number of carbonyl (C=O) groups is 1. The topological polar surface area (TPSA) is 84.6 Å². The number of halogens is 1. The summed E-state index contributed by atoms with van der Waals surface area (Å²) in [4.78, 5) is 12.2. The molecule has 0 atom stereocenters. The third-order valence-corrected chi connectivity index (χ3v) is 5.37. The number of nitrogens with two attached hydrogens (primary N) is 1. The smallest absolute Gasteiger partial charge is 0.338 e. The molecule has 5 nitrogen and oxygen atoms in total. The van der Waals surface area contributed by atoms with Crippen LogP contribution in [0.2, 0.25) is 0 Å². The molecule has 1 aliphatic rings. The maximum absolute atomic E-state index is 12.2. The van der Waals surface area contributed by atoms with E-state index in [1.807, 2.05) is 6.07 Å². The van der Waals surface area contributed by atoms with E-state index in [1.54, 1.807) is 6.07 Å². The monoisotopic (exact) mass is 412 g/mol. The van der Waals surface area contributed by atoms with Gasteiger partial charge in [-0.1, -0.05) is 19.3 Å². The zero-order valence-corrected chi connectivity index (χ0v) is 16.3. The summed E-state index contributed by atoms with van der Waals surface area (Å²) in [7, 11) is 0. The Morgan fingerprint density at radius 1 is 1.28 bits per heavy atom. The fourth-order valence-corrected chi connectivity index (χ4v) is 3.70. The number of nitrogens with one attached hydrogen (secondary N) is 1. The van der Waals surface area contributed by atoms with Gasteiger partial charge in [-0.3, -0.25) is 0 Å². The number of anilines is 1. The normalized spacial score (nSPS) is 15.3. The molecule has 2 rings (SSSR count). The van der Waals surface area contributed by atoms with Crippen LogP contribution in [0, 0.1) is 5.92 Å². The minimum Gasteiger partial charge on any atom is -0.462 e. The average Bonchev–Trinajstić information content (AvgIpc) is 2.63. The number of esters is 1. The van der Waals surface area contributed by atoms with Crippen LogP contribution >= 0.6 is 15.9 Å². The first kappa shape index (κ1) is 20.2. The van der Waals surface area contributed by atoms with E-state index in [9.17, 15) is 4.79 Å². The largest absolute Gasteiger partial charge is 0.462 e. The first-order valence-electron chi connectivity index (χ1n) is 9.18. The van der Waals surface area contributed by atoms with Gasteiger partial charge in [0.25, 0.3) is 0 Å². The lowest BCUT2D eigenvalue weighted by atomic mass is 9.89. The highest BCUT2D eigenvalue weighted by molar-refractivity contribution is 9.10. The Morgan fingerprint density at radius 3 is 2.76 bits per heavy atom. The fourth-order valence-electron chi connectivity index (χ4n) is 3.20. The minimum atomic E-state index is -0.354. The van der Waals surface area contributed by atoms with Crippen molar-refractivity contribution in [2.24, 2.45) is 5.92 Å². The lowest BCUT2D eigenvalue weighted by Crippen LogP contribution is -2.24. The highest BCUT2D eigenvalue weighted by Crippen LogP contribution is 2.27. The molecule has 1 aromatic carbocycles. The van der Waals surface area contributed by atoms with Crippen molar-refractivity contribution in [2.75, 3.05) is 25.5 Å². The number of carbonyl (C=O) groups excluding carboxylic acids is 1. The number of hydrogen-bond donors (Lipinski definition) is 3. The molecule has 0 aliphatic heterocycles. The summed E-state index contributed by atoms with van der Waals surface area (Å²) in [5, 5.41) is 12.2. The van der Waals surface area contributed by atoms with Crippen molar-refractivity contribution in [3.63, 3.8) is 0 Å². The second-order valence-electron chi connectivity index (χ2n) is 6.73. The molecular formula is C19H29BrN2O3. The van der Waals surface area contributed by atoms with Crippen molar-refractivity contribution in [1.29, 1.82) is 0 Å². The van der Waals surface area contributed by atoms with Gasteiger partial charge in [0.15, 0.2) is 0 Å². The second-order valence-corrected chi connectivity index (χ2v) is 7.59. The summed E-state index contributed by atoms with van der Waals surface area (Å²) < 4.78 is 5.96. The Bertz CT molecular complexity index is 560. The highest BCUT2D eigenvalue weighted by Gasteiger charge is 2.15. The number of nitrogen functional groups attached to an aromatic ring is 1. The van der Waals surface area contributed by atoms with Gasteiger partial charge in [0, 0.05) is 17.6 Å². The van der Waals surface area contributed by atoms with Gasteiger partial charge in [0.2, 0.25) is 0 Å². The summed E-state index contributed by atoms with van der Waals surface area (Å²) in [5.41, 5.74) is 8.21. The molecule has 1 aliphatic carbocycles. The Morgan fingerprint density at radius 2 is 2.04 bits per heavy atom. The van der Waals surface area contributed by atoms with Gasteiger partial charge < -0.3 is 20.9 Å². The lowest BCUT2D eigenvalue weighted by Gasteiger charge is -2.22. The molecule has 0 heterocycles. The fraction of sp³-hybridized carbons (Fsp3) is 0.632. The van der Waals surface area contributed by atoms with E-state index in [4.69, 9.17) is 15.6 Å². The van der Waals surface area contributed by atoms with Gasteiger partial charge in [0.05, 0.1) is 17.9 Å². The van der Waals surface area contributed by atoms with Crippen LogP contribution in [-0.4, -0.2) is 30.8 Å². The van der Waals surface area contributed by atoms with Gasteiger partial charge in [-0.2, -0.15) is 0 Å². The quantitative estimate of drug-likeness (QED) is 0.327. The number of benzene rings is 1. The third-order valence-electron chi connectivity index (χ3n) is 4.71. The number of unbranched alkanes of at least 4 members (excludes halogenated alkanes) is 1. The van der Waals surface area contributed by atoms with Gasteiger partial charge >= 0.3 is 5.97 Å². The minimum absolute atomic E-state index is 0.113. The Hall–Kier alpha value is -1.11. The van der Waals surface area contributed by atoms with Crippen LogP contribution in [0.3, 0.4) is 0 Å². The van der Waals surface area contributed by atoms with Crippen molar-refractivity contribution in [3.05, 3.63) is 27.7 Å². The molecule has 0 unspecified atom stereocenters. The number of ether oxygens (including phenoxy) is 1. The molecule has 1 aromatic rings. The number of rotatable bonds is 9. The van der Waals surface area contributed by atoms with E-state index >= 15 is 0 Å². The maximum Gasteiger partial charge on any atom is 0.338 e. The summed E-state index contributed by atoms with van der Waals surface area (Å²) in [6.45, 7) is 2.07. The predicted molar refractivity (Wildman–Crippen MR) is 103 cm³/mol. The summed E-state index contributed by atoms with van der Waals surface area (Å²) in [6.07, 6.45) is 7.91. The van der Waals surface area contributed by atoms with E-state index in [0.29, 0.717) is 41.7 Å². The molecule has 140 valence electrons. The predicted octanol–water partition coefficient (Wildman–Crippen LogP) is 3.63. The standard InChI is InChI=1S/C19H29BrN2O3/c20-17-11-15(19(24)25-9-5-4-8-23)10-16(18(17)21)13-22-12-14-6-2-1-3-7-14/h10-11,14,22-23H,1-9,12-13,21H2. The molecule has 0 radical (unpaired) electrons. The van der Waals surface area contributed by atoms with Crippen molar-refractivity contribution in [3.8, 4) is 0 Å². The van der Waals surface area contributed by atoms with E-state index in [1.165, 1.54) is 32.1 Å².